The van der Waals surface area contributed by atoms with Crippen LogP contribution in [0.2, 0.25) is 10.0 Å². The number of carbonyl (C=O) groups excluding carboxylic acids is 2. The maximum absolute atomic E-state index is 14.5. The fourth-order valence-corrected chi connectivity index (χ4v) is 7.52. The highest BCUT2D eigenvalue weighted by atomic mass is 35.5. The molecule has 2 amide bonds. The Kier molecular flexibility index (Phi) is 12.2. The van der Waals surface area contributed by atoms with Crippen molar-refractivity contribution >= 4 is 50.7 Å². The molecule has 1 atom stereocenters. The molecule has 1 fully saturated rings. The fraction of sp³-hybridized carbons (Fsp3) is 0.412. The van der Waals surface area contributed by atoms with Crippen LogP contribution in [-0.2, 0) is 26.2 Å². The third-order valence-corrected chi connectivity index (χ3v) is 10.6. The van der Waals surface area contributed by atoms with Crippen LogP contribution in [0.25, 0.3) is 0 Å². The molecule has 0 saturated heterocycles. The minimum atomic E-state index is -4.31. The topological polar surface area (TPSA) is 105 Å². The Balaban J connectivity index is 1.79. The number of sulfonamides is 1. The Morgan fingerprint density at radius 2 is 1.65 bits per heavy atom. The van der Waals surface area contributed by atoms with Crippen LogP contribution in [-0.4, -0.2) is 58.0 Å². The van der Waals surface area contributed by atoms with Crippen molar-refractivity contribution in [3.05, 3.63) is 81.8 Å². The molecule has 3 aromatic carbocycles. The van der Waals surface area contributed by atoms with Crippen molar-refractivity contribution in [2.24, 2.45) is 0 Å². The van der Waals surface area contributed by atoms with Crippen LogP contribution in [0.15, 0.2) is 65.6 Å². The number of rotatable bonds is 13. The molecule has 1 aliphatic rings. The minimum absolute atomic E-state index is 0.00912. The van der Waals surface area contributed by atoms with E-state index in [1.165, 1.54) is 37.3 Å². The zero-order valence-corrected chi connectivity index (χ0v) is 28.9. The second-order valence-corrected chi connectivity index (χ2v) is 14.1. The van der Waals surface area contributed by atoms with Crippen LogP contribution in [0, 0.1) is 6.92 Å². The van der Waals surface area contributed by atoms with Crippen molar-refractivity contribution < 1.29 is 27.5 Å². The molecule has 0 aromatic heterocycles. The molecule has 248 valence electrons. The molecule has 1 saturated carbocycles. The quantitative estimate of drug-likeness (QED) is 0.212. The second-order valence-electron chi connectivity index (χ2n) is 11.4. The van der Waals surface area contributed by atoms with Gasteiger partial charge in [0.1, 0.15) is 24.1 Å². The van der Waals surface area contributed by atoms with Crippen molar-refractivity contribution in [3.63, 3.8) is 0 Å². The van der Waals surface area contributed by atoms with Crippen molar-refractivity contribution in [1.29, 1.82) is 0 Å². The van der Waals surface area contributed by atoms with E-state index in [0.717, 1.165) is 42.0 Å². The molecular formula is C34H41Cl2N3O6S. The lowest BCUT2D eigenvalue weighted by atomic mass is 9.95. The monoisotopic (exact) mass is 689 g/mol. The Bertz CT molecular complexity index is 1630. The first kappa shape index (κ1) is 35.4. The molecule has 0 unspecified atom stereocenters. The van der Waals surface area contributed by atoms with E-state index >= 15 is 0 Å². The molecule has 4 rings (SSSR count). The Morgan fingerprint density at radius 1 is 0.957 bits per heavy atom. The molecule has 0 bridgehead atoms. The third-order valence-electron chi connectivity index (χ3n) is 8.24. The van der Waals surface area contributed by atoms with Crippen LogP contribution in [0.1, 0.15) is 56.6 Å². The standard InChI is InChI=1S/C34H41Cl2N3O6S/c1-5-30(34(41)37-26-9-7-6-8-10-26)38(21-24-13-14-25(35)19-29(24)36)33(40)22-39(31-20-27(44-3)15-18-32(31)45-4)46(42,43)28-16-11-23(2)12-17-28/h11-20,26,30H,5-10,21-22H2,1-4H3,(H,37,41)/t30-/m1/s1. The molecule has 0 aliphatic heterocycles. The summed E-state index contributed by atoms with van der Waals surface area (Å²) in [7, 11) is -1.43. The maximum atomic E-state index is 14.5. The van der Waals surface area contributed by atoms with Crippen LogP contribution < -0.4 is 19.1 Å². The smallest absolute Gasteiger partial charge is 0.264 e. The molecule has 12 heteroatoms. The predicted octanol–water partition coefficient (Wildman–Crippen LogP) is 6.77. The molecule has 1 aliphatic carbocycles. The van der Waals surface area contributed by atoms with Gasteiger partial charge in [0.15, 0.2) is 0 Å². The van der Waals surface area contributed by atoms with Gasteiger partial charge in [0.25, 0.3) is 10.0 Å². The van der Waals surface area contributed by atoms with E-state index in [1.54, 1.807) is 42.5 Å². The van der Waals surface area contributed by atoms with Crippen molar-refractivity contribution in [3.8, 4) is 11.5 Å². The van der Waals surface area contributed by atoms with E-state index in [2.05, 4.69) is 5.32 Å². The van der Waals surface area contributed by atoms with E-state index in [1.807, 2.05) is 13.8 Å². The first-order chi connectivity index (χ1) is 22.0. The average Bonchev–Trinajstić information content (AvgIpc) is 3.04. The van der Waals surface area contributed by atoms with Crippen molar-refractivity contribution in [2.45, 2.75) is 75.9 Å². The summed E-state index contributed by atoms with van der Waals surface area (Å²) >= 11 is 12.7. The van der Waals surface area contributed by atoms with E-state index < -0.39 is 28.5 Å². The Hall–Kier alpha value is -3.47. The number of aryl methyl sites for hydroxylation is 1. The summed E-state index contributed by atoms with van der Waals surface area (Å²) in [6.45, 7) is 3.00. The molecule has 0 radical (unpaired) electrons. The van der Waals surface area contributed by atoms with Gasteiger partial charge in [0.2, 0.25) is 11.8 Å². The number of nitrogens with zero attached hydrogens (tertiary/aromatic N) is 2. The highest BCUT2D eigenvalue weighted by Crippen LogP contribution is 2.36. The number of amides is 2. The number of anilines is 1. The lowest BCUT2D eigenvalue weighted by molar-refractivity contribution is -0.140. The van der Waals surface area contributed by atoms with Gasteiger partial charge in [-0.15, -0.1) is 0 Å². The highest BCUT2D eigenvalue weighted by molar-refractivity contribution is 7.92. The molecule has 1 N–H and O–H groups in total. The van der Waals surface area contributed by atoms with E-state index in [-0.39, 0.29) is 34.8 Å². The lowest BCUT2D eigenvalue weighted by Gasteiger charge is -2.35. The number of hydrogen-bond donors (Lipinski definition) is 1. The van der Waals surface area contributed by atoms with Gasteiger partial charge in [-0.05, 0) is 68.1 Å². The van der Waals surface area contributed by atoms with Crippen LogP contribution in [0.5, 0.6) is 11.5 Å². The number of benzene rings is 3. The molecule has 0 heterocycles. The summed E-state index contributed by atoms with van der Waals surface area (Å²) in [6.07, 6.45) is 5.22. The Labute approximate surface area is 281 Å². The molecule has 9 nitrogen and oxygen atoms in total. The second kappa shape index (κ2) is 15.9. The number of halogens is 2. The largest absolute Gasteiger partial charge is 0.497 e. The molecule has 3 aromatic rings. The predicted molar refractivity (Wildman–Crippen MR) is 181 cm³/mol. The van der Waals surface area contributed by atoms with Crippen LogP contribution >= 0.6 is 23.2 Å². The van der Waals surface area contributed by atoms with Gasteiger partial charge in [0.05, 0.1) is 24.8 Å². The molecule has 46 heavy (non-hydrogen) atoms. The number of ether oxygens (including phenoxy) is 2. The minimum Gasteiger partial charge on any atom is -0.497 e. The summed E-state index contributed by atoms with van der Waals surface area (Å²) in [5.41, 5.74) is 1.55. The zero-order chi connectivity index (χ0) is 33.4. The maximum Gasteiger partial charge on any atom is 0.264 e. The van der Waals surface area contributed by atoms with Gasteiger partial charge in [-0.2, -0.15) is 0 Å². The fourth-order valence-electron chi connectivity index (χ4n) is 5.64. The van der Waals surface area contributed by atoms with Crippen LogP contribution in [0.3, 0.4) is 0 Å². The normalized spacial score (nSPS) is 14.3. The summed E-state index contributed by atoms with van der Waals surface area (Å²) in [5, 5.41) is 3.89. The van der Waals surface area contributed by atoms with E-state index in [4.69, 9.17) is 32.7 Å². The SMILES string of the molecule is CC[C@H](C(=O)NC1CCCCC1)N(Cc1ccc(Cl)cc1Cl)C(=O)CN(c1cc(OC)ccc1OC)S(=O)(=O)c1ccc(C)cc1. The number of nitrogens with one attached hydrogen (secondary N) is 1. The number of methoxy groups -OCH3 is 2. The average molecular weight is 691 g/mol. The van der Waals surface area contributed by atoms with Gasteiger partial charge in [-0.1, -0.05) is 73.2 Å². The summed E-state index contributed by atoms with van der Waals surface area (Å²) in [4.78, 5) is 29.7. The first-order valence-electron chi connectivity index (χ1n) is 15.3. The lowest BCUT2D eigenvalue weighted by Crippen LogP contribution is -2.54. The van der Waals surface area contributed by atoms with Gasteiger partial charge in [-0.25, -0.2) is 8.42 Å². The molecule has 0 spiro atoms. The highest BCUT2D eigenvalue weighted by Gasteiger charge is 2.36. The third kappa shape index (κ3) is 8.46. The Morgan fingerprint density at radius 3 is 2.26 bits per heavy atom. The van der Waals surface area contributed by atoms with Crippen molar-refractivity contribution in [1.82, 2.24) is 10.2 Å². The molecular weight excluding hydrogens is 649 g/mol. The summed E-state index contributed by atoms with van der Waals surface area (Å²) in [5.74, 6) is -0.300. The van der Waals surface area contributed by atoms with Gasteiger partial charge in [-0.3, -0.25) is 13.9 Å². The zero-order valence-electron chi connectivity index (χ0n) is 26.6. The number of carbonyl (C=O) groups is 2. The van der Waals surface area contributed by atoms with E-state index in [9.17, 15) is 18.0 Å². The van der Waals surface area contributed by atoms with Gasteiger partial charge >= 0.3 is 0 Å². The van der Waals surface area contributed by atoms with Gasteiger partial charge in [0, 0.05) is 28.7 Å². The number of hydrogen-bond acceptors (Lipinski definition) is 6. The first-order valence-corrected chi connectivity index (χ1v) is 17.5. The van der Waals surface area contributed by atoms with Crippen LogP contribution in [0.4, 0.5) is 5.69 Å². The van der Waals surface area contributed by atoms with E-state index in [0.29, 0.717) is 27.8 Å². The summed E-state index contributed by atoms with van der Waals surface area (Å²) < 4.78 is 40.6. The van der Waals surface area contributed by atoms with Gasteiger partial charge < -0.3 is 19.7 Å². The summed E-state index contributed by atoms with van der Waals surface area (Å²) in [6, 6.07) is 15.1. The van der Waals surface area contributed by atoms with Crippen molar-refractivity contribution in [2.75, 3.05) is 25.1 Å².